The maximum Gasteiger partial charge on any atom is 0.308 e. The molecule has 1 fully saturated rings. The lowest BCUT2D eigenvalue weighted by molar-refractivity contribution is -0.142. The van der Waals surface area contributed by atoms with E-state index in [0.717, 1.165) is 29.2 Å². The number of methoxy groups -OCH3 is 1. The van der Waals surface area contributed by atoms with E-state index in [1.54, 1.807) is 7.11 Å². The van der Waals surface area contributed by atoms with Crippen LogP contribution >= 0.6 is 0 Å². The fraction of sp³-hybridized carbons (Fsp3) is 0.400. The van der Waals surface area contributed by atoms with Crippen molar-refractivity contribution in [1.29, 1.82) is 0 Å². The number of benzene rings is 1. The summed E-state index contributed by atoms with van der Waals surface area (Å²) in [5.74, 6) is -0.772. The van der Waals surface area contributed by atoms with Crippen LogP contribution < -0.4 is 10.1 Å². The van der Waals surface area contributed by atoms with Gasteiger partial charge in [-0.25, -0.2) is 0 Å². The SMILES string of the molecule is COc1ccc(-n2c(C)cc(C(=O)N[C@@H]3CCC[C@@H]3C(=O)O)c2C)cc1. The van der Waals surface area contributed by atoms with Crippen LogP contribution in [-0.4, -0.2) is 34.7 Å². The molecule has 1 aliphatic carbocycles. The molecule has 6 nitrogen and oxygen atoms in total. The third-order valence-electron chi connectivity index (χ3n) is 5.16. The molecule has 0 spiro atoms. The van der Waals surface area contributed by atoms with Crippen molar-refractivity contribution in [3.8, 4) is 11.4 Å². The lowest BCUT2D eigenvalue weighted by atomic mass is 10.0. The van der Waals surface area contributed by atoms with E-state index in [1.807, 2.05) is 48.7 Å². The summed E-state index contributed by atoms with van der Waals surface area (Å²) in [5, 5.41) is 12.2. The average molecular weight is 356 g/mol. The van der Waals surface area contributed by atoms with Crippen LogP contribution in [0.4, 0.5) is 0 Å². The molecule has 138 valence electrons. The molecule has 0 radical (unpaired) electrons. The van der Waals surface area contributed by atoms with Crippen LogP contribution in [0.1, 0.15) is 41.0 Å². The normalized spacial score (nSPS) is 19.3. The Labute approximate surface area is 152 Å². The van der Waals surface area contributed by atoms with Gasteiger partial charge in [0.25, 0.3) is 5.91 Å². The number of hydrogen-bond donors (Lipinski definition) is 2. The molecule has 1 saturated carbocycles. The maximum absolute atomic E-state index is 12.7. The smallest absolute Gasteiger partial charge is 0.308 e. The van der Waals surface area contributed by atoms with Gasteiger partial charge in [0, 0.05) is 23.1 Å². The fourth-order valence-electron chi connectivity index (χ4n) is 3.80. The van der Waals surface area contributed by atoms with Crippen LogP contribution in [0, 0.1) is 19.8 Å². The number of nitrogens with one attached hydrogen (secondary N) is 1. The van der Waals surface area contributed by atoms with Crippen molar-refractivity contribution < 1.29 is 19.4 Å². The van der Waals surface area contributed by atoms with E-state index in [9.17, 15) is 14.7 Å². The molecule has 0 bridgehead atoms. The molecule has 2 aromatic rings. The van der Waals surface area contributed by atoms with Gasteiger partial charge in [0.15, 0.2) is 0 Å². The third-order valence-corrected chi connectivity index (χ3v) is 5.16. The molecule has 2 atom stereocenters. The minimum Gasteiger partial charge on any atom is -0.497 e. The molecule has 1 aromatic heterocycles. The average Bonchev–Trinajstić information content (AvgIpc) is 3.19. The molecule has 6 heteroatoms. The van der Waals surface area contributed by atoms with Crippen molar-refractivity contribution in [2.45, 2.75) is 39.2 Å². The van der Waals surface area contributed by atoms with E-state index in [1.165, 1.54) is 0 Å². The van der Waals surface area contributed by atoms with Crippen LogP contribution in [-0.2, 0) is 4.79 Å². The first-order chi connectivity index (χ1) is 12.4. The summed E-state index contributed by atoms with van der Waals surface area (Å²) in [4.78, 5) is 24.1. The van der Waals surface area contributed by atoms with E-state index in [-0.39, 0.29) is 11.9 Å². The Kier molecular flexibility index (Phi) is 5.02. The van der Waals surface area contributed by atoms with E-state index >= 15 is 0 Å². The predicted molar refractivity (Wildman–Crippen MR) is 98.0 cm³/mol. The highest BCUT2D eigenvalue weighted by molar-refractivity contribution is 5.96. The monoisotopic (exact) mass is 356 g/mol. The highest BCUT2D eigenvalue weighted by atomic mass is 16.5. The van der Waals surface area contributed by atoms with Gasteiger partial charge in [-0.15, -0.1) is 0 Å². The van der Waals surface area contributed by atoms with Gasteiger partial charge in [-0.1, -0.05) is 6.42 Å². The van der Waals surface area contributed by atoms with Gasteiger partial charge in [-0.05, 0) is 57.0 Å². The molecule has 0 aliphatic heterocycles. The van der Waals surface area contributed by atoms with Gasteiger partial charge in [-0.2, -0.15) is 0 Å². The summed E-state index contributed by atoms with van der Waals surface area (Å²) in [7, 11) is 1.62. The van der Waals surface area contributed by atoms with Crippen LogP contribution in [0.15, 0.2) is 30.3 Å². The highest BCUT2D eigenvalue weighted by Gasteiger charge is 2.34. The number of carboxylic acid groups (broad SMARTS) is 1. The summed E-state index contributed by atoms with van der Waals surface area (Å²) >= 11 is 0. The molecule has 1 aromatic carbocycles. The Balaban J connectivity index is 1.85. The number of carboxylic acids is 1. The van der Waals surface area contributed by atoms with Crippen LogP contribution in [0.3, 0.4) is 0 Å². The van der Waals surface area contributed by atoms with Crippen molar-refractivity contribution in [2.24, 2.45) is 5.92 Å². The number of aliphatic carboxylic acids is 1. The zero-order valence-electron chi connectivity index (χ0n) is 15.3. The lowest BCUT2D eigenvalue weighted by Gasteiger charge is -2.17. The van der Waals surface area contributed by atoms with Gasteiger partial charge < -0.3 is 19.7 Å². The molecule has 0 unspecified atom stereocenters. The summed E-state index contributed by atoms with van der Waals surface area (Å²) in [5.41, 5.74) is 3.30. The second kappa shape index (κ2) is 7.23. The standard InChI is InChI=1S/C20H24N2O4/c1-12-11-17(19(23)21-18-6-4-5-16(18)20(24)25)13(2)22(12)14-7-9-15(26-3)10-8-14/h7-11,16,18H,4-6H2,1-3H3,(H,21,23)(H,24,25)/t16-,18+/m0/s1. The van der Waals surface area contributed by atoms with Crippen molar-refractivity contribution in [2.75, 3.05) is 7.11 Å². The van der Waals surface area contributed by atoms with Crippen molar-refractivity contribution >= 4 is 11.9 Å². The first-order valence-electron chi connectivity index (χ1n) is 8.79. The number of rotatable bonds is 5. The molecule has 1 amide bonds. The zero-order chi connectivity index (χ0) is 18.8. The third kappa shape index (κ3) is 3.31. The molecule has 1 aliphatic rings. The summed E-state index contributed by atoms with van der Waals surface area (Å²) < 4.78 is 7.20. The Morgan fingerprint density at radius 1 is 1.19 bits per heavy atom. The van der Waals surface area contributed by atoms with Crippen LogP contribution in [0.25, 0.3) is 5.69 Å². The van der Waals surface area contributed by atoms with Gasteiger partial charge >= 0.3 is 5.97 Å². The molecule has 1 heterocycles. The Morgan fingerprint density at radius 2 is 1.88 bits per heavy atom. The van der Waals surface area contributed by atoms with Crippen molar-refractivity contribution in [3.05, 3.63) is 47.3 Å². The molecule has 0 saturated heterocycles. The number of hydrogen-bond acceptors (Lipinski definition) is 3. The van der Waals surface area contributed by atoms with Gasteiger partial charge in [0.1, 0.15) is 5.75 Å². The number of ether oxygens (including phenoxy) is 1. The Bertz CT molecular complexity index is 823. The number of nitrogens with zero attached hydrogens (tertiary/aromatic N) is 1. The zero-order valence-corrected chi connectivity index (χ0v) is 15.3. The first-order valence-corrected chi connectivity index (χ1v) is 8.79. The summed E-state index contributed by atoms with van der Waals surface area (Å²) in [6.45, 7) is 3.85. The molecule has 26 heavy (non-hydrogen) atoms. The highest BCUT2D eigenvalue weighted by Crippen LogP contribution is 2.27. The summed E-state index contributed by atoms with van der Waals surface area (Å²) in [6, 6.07) is 9.19. The molecular weight excluding hydrogens is 332 g/mol. The number of amides is 1. The van der Waals surface area contributed by atoms with Gasteiger partial charge in [0.2, 0.25) is 0 Å². The Hall–Kier alpha value is -2.76. The second-order valence-electron chi connectivity index (χ2n) is 6.77. The predicted octanol–water partition coefficient (Wildman–Crippen LogP) is 3.09. The minimum atomic E-state index is -0.837. The first kappa shape index (κ1) is 18.0. The van der Waals surface area contributed by atoms with Crippen molar-refractivity contribution in [3.63, 3.8) is 0 Å². The van der Waals surface area contributed by atoms with E-state index in [4.69, 9.17) is 4.74 Å². The van der Waals surface area contributed by atoms with Gasteiger partial charge in [0.05, 0.1) is 18.6 Å². The van der Waals surface area contributed by atoms with Crippen LogP contribution in [0.5, 0.6) is 5.75 Å². The minimum absolute atomic E-state index is 0.212. The largest absolute Gasteiger partial charge is 0.497 e. The number of carbonyl (C=O) groups excluding carboxylic acids is 1. The van der Waals surface area contributed by atoms with E-state index < -0.39 is 11.9 Å². The topological polar surface area (TPSA) is 80.6 Å². The maximum atomic E-state index is 12.7. The van der Waals surface area contributed by atoms with Gasteiger partial charge in [-0.3, -0.25) is 9.59 Å². The second-order valence-corrected chi connectivity index (χ2v) is 6.77. The number of aromatic nitrogens is 1. The quantitative estimate of drug-likeness (QED) is 0.863. The molecular formula is C20H24N2O4. The lowest BCUT2D eigenvalue weighted by Crippen LogP contribution is -2.40. The Morgan fingerprint density at radius 3 is 2.50 bits per heavy atom. The molecule has 3 rings (SSSR count). The van der Waals surface area contributed by atoms with E-state index in [0.29, 0.717) is 18.4 Å². The number of carbonyl (C=O) groups is 2. The van der Waals surface area contributed by atoms with Crippen LogP contribution in [0.2, 0.25) is 0 Å². The fourth-order valence-corrected chi connectivity index (χ4v) is 3.80. The number of aryl methyl sites for hydroxylation is 1. The summed E-state index contributed by atoms with van der Waals surface area (Å²) in [6.07, 6.45) is 2.15. The van der Waals surface area contributed by atoms with E-state index in [2.05, 4.69) is 5.32 Å². The van der Waals surface area contributed by atoms with Crippen molar-refractivity contribution in [1.82, 2.24) is 9.88 Å². The molecule has 2 N–H and O–H groups in total.